The molecule has 1 amide bonds. The van der Waals surface area contributed by atoms with Gasteiger partial charge in [-0.15, -0.1) is 0 Å². The average Bonchev–Trinajstić information content (AvgIpc) is 2.62. The van der Waals surface area contributed by atoms with Gasteiger partial charge in [0, 0.05) is 23.6 Å². The molecule has 1 aromatic heterocycles. The van der Waals surface area contributed by atoms with E-state index >= 15 is 0 Å². The first-order valence-corrected chi connectivity index (χ1v) is 5.62. The molecule has 0 aliphatic rings. The van der Waals surface area contributed by atoms with Gasteiger partial charge in [-0.1, -0.05) is 18.2 Å². The van der Waals surface area contributed by atoms with Gasteiger partial charge in [0.15, 0.2) is 0 Å². The summed E-state index contributed by atoms with van der Waals surface area (Å²) < 4.78 is 0. The monoisotopic (exact) mass is 231 g/mol. The third kappa shape index (κ3) is 1.91. The SMILES string of the molecule is Cc1[nH]c2ccccc2c1C(C)C(=O)N(C)N. The maximum absolute atomic E-state index is 11.9. The molecule has 3 N–H and O–H groups in total. The second-order valence-electron chi connectivity index (χ2n) is 4.38. The van der Waals surface area contributed by atoms with E-state index in [9.17, 15) is 4.79 Å². The number of aryl methyl sites for hydroxylation is 1. The van der Waals surface area contributed by atoms with Gasteiger partial charge >= 0.3 is 0 Å². The molecule has 0 aliphatic heterocycles. The minimum Gasteiger partial charge on any atom is -0.358 e. The van der Waals surface area contributed by atoms with E-state index in [1.165, 1.54) is 0 Å². The molecule has 4 heteroatoms. The largest absolute Gasteiger partial charge is 0.358 e. The summed E-state index contributed by atoms with van der Waals surface area (Å²) in [5.74, 6) is 5.19. The molecule has 0 spiro atoms. The summed E-state index contributed by atoms with van der Waals surface area (Å²) >= 11 is 0. The van der Waals surface area contributed by atoms with E-state index in [0.717, 1.165) is 27.2 Å². The summed E-state index contributed by atoms with van der Waals surface area (Å²) in [6, 6.07) is 7.98. The van der Waals surface area contributed by atoms with E-state index in [1.807, 2.05) is 38.1 Å². The number of hydrogen-bond acceptors (Lipinski definition) is 2. The summed E-state index contributed by atoms with van der Waals surface area (Å²) in [5, 5.41) is 2.24. The number of carbonyl (C=O) groups excluding carboxylic acids is 1. The van der Waals surface area contributed by atoms with Crippen molar-refractivity contribution in [3.63, 3.8) is 0 Å². The average molecular weight is 231 g/mol. The van der Waals surface area contributed by atoms with Crippen LogP contribution in [-0.4, -0.2) is 22.9 Å². The van der Waals surface area contributed by atoms with Gasteiger partial charge in [0.25, 0.3) is 0 Å². The maximum atomic E-state index is 11.9. The zero-order chi connectivity index (χ0) is 12.6. The van der Waals surface area contributed by atoms with Crippen molar-refractivity contribution in [2.75, 3.05) is 7.05 Å². The van der Waals surface area contributed by atoms with Crippen LogP contribution in [0.2, 0.25) is 0 Å². The molecule has 1 unspecified atom stereocenters. The third-order valence-electron chi connectivity index (χ3n) is 3.09. The molecule has 1 heterocycles. The Morgan fingerprint density at radius 3 is 2.71 bits per heavy atom. The van der Waals surface area contributed by atoms with Crippen molar-refractivity contribution >= 4 is 16.8 Å². The van der Waals surface area contributed by atoms with Crippen molar-refractivity contribution in [3.05, 3.63) is 35.5 Å². The number of H-pyrrole nitrogens is 1. The van der Waals surface area contributed by atoms with Gasteiger partial charge in [-0.3, -0.25) is 9.80 Å². The molecule has 0 saturated carbocycles. The van der Waals surface area contributed by atoms with Crippen molar-refractivity contribution in [2.45, 2.75) is 19.8 Å². The number of likely N-dealkylation sites (N-methyl/N-ethyl adjacent to an activating group) is 1. The van der Waals surface area contributed by atoms with E-state index < -0.39 is 0 Å². The van der Waals surface area contributed by atoms with E-state index in [1.54, 1.807) is 7.05 Å². The van der Waals surface area contributed by atoms with E-state index in [0.29, 0.717) is 0 Å². The first kappa shape index (κ1) is 11.7. The fraction of sp³-hybridized carbons (Fsp3) is 0.308. The van der Waals surface area contributed by atoms with Crippen LogP contribution in [0.1, 0.15) is 24.1 Å². The lowest BCUT2D eigenvalue weighted by Crippen LogP contribution is -2.36. The molecule has 1 atom stereocenters. The topological polar surface area (TPSA) is 62.1 Å². The third-order valence-corrected chi connectivity index (χ3v) is 3.09. The Bertz CT molecular complexity index is 557. The predicted molar refractivity (Wildman–Crippen MR) is 68.4 cm³/mol. The number of nitrogens with two attached hydrogens (primary N) is 1. The molecule has 4 nitrogen and oxygen atoms in total. The fourth-order valence-electron chi connectivity index (χ4n) is 2.29. The number of rotatable bonds is 2. The highest BCUT2D eigenvalue weighted by Crippen LogP contribution is 2.29. The Labute approximate surface area is 100 Å². The first-order chi connectivity index (χ1) is 8.02. The molecule has 90 valence electrons. The Kier molecular flexibility index (Phi) is 2.90. The van der Waals surface area contributed by atoms with Crippen LogP contribution in [0, 0.1) is 6.92 Å². The van der Waals surface area contributed by atoms with E-state index in [4.69, 9.17) is 5.84 Å². The van der Waals surface area contributed by atoms with Gasteiger partial charge in [0.1, 0.15) is 0 Å². The maximum Gasteiger partial charge on any atom is 0.243 e. The van der Waals surface area contributed by atoms with Gasteiger partial charge in [-0.05, 0) is 25.5 Å². The van der Waals surface area contributed by atoms with Gasteiger partial charge < -0.3 is 4.98 Å². The molecule has 2 aromatic rings. The minimum absolute atomic E-state index is 0.0853. The lowest BCUT2D eigenvalue weighted by molar-refractivity contribution is -0.131. The number of hydrogen-bond donors (Lipinski definition) is 2. The highest BCUT2D eigenvalue weighted by molar-refractivity contribution is 5.92. The summed E-state index contributed by atoms with van der Waals surface area (Å²) in [7, 11) is 1.57. The van der Waals surface area contributed by atoms with Crippen LogP contribution in [0.25, 0.3) is 10.9 Å². The number of para-hydroxylation sites is 1. The van der Waals surface area contributed by atoms with E-state index in [-0.39, 0.29) is 11.8 Å². The molecule has 1 aromatic carbocycles. The second kappa shape index (κ2) is 4.22. The van der Waals surface area contributed by atoms with Crippen molar-refractivity contribution in [1.29, 1.82) is 0 Å². The van der Waals surface area contributed by atoms with Gasteiger partial charge in [-0.2, -0.15) is 0 Å². The number of benzene rings is 1. The minimum atomic E-state index is -0.235. The van der Waals surface area contributed by atoms with Gasteiger partial charge in [0.05, 0.1) is 5.92 Å². The van der Waals surface area contributed by atoms with Crippen LogP contribution in [-0.2, 0) is 4.79 Å². The lowest BCUT2D eigenvalue weighted by atomic mass is 9.97. The molecule has 0 bridgehead atoms. The van der Waals surface area contributed by atoms with Crippen LogP contribution in [0.15, 0.2) is 24.3 Å². The van der Waals surface area contributed by atoms with Crippen LogP contribution in [0.3, 0.4) is 0 Å². The summed E-state index contributed by atoms with van der Waals surface area (Å²) in [4.78, 5) is 15.2. The summed E-state index contributed by atoms with van der Waals surface area (Å²) in [5.41, 5.74) is 3.11. The highest BCUT2D eigenvalue weighted by atomic mass is 16.2. The smallest absolute Gasteiger partial charge is 0.243 e. The van der Waals surface area contributed by atoms with Crippen molar-refractivity contribution in [1.82, 2.24) is 9.99 Å². The van der Waals surface area contributed by atoms with Gasteiger partial charge in [0.2, 0.25) is 5.91 Å². The number of aromatic nitrogens is 1. The molecular weight excluding hydrogens is 214 g/mol. The zero-order valence-electron chi connectivity index (χ0n) is 10.3. The number of nitrogens with one attached hydrogen (secondary N) is 1. The number of fused-ring (bicyclic) bond motifs is 1. The first-order valence-electron chi connectivity index (χ1n) is 5.62. The van der Waals surface area contributed by atoms with Crippen molar-refractivity contribution < 1.29 is 4.79 Å². The predicted octanol–water partition coefficient (Wildman–Crippen LogP) is 1.91. The molecule has 2 rings (SSSR count). The summed E-state index contributed by atoms with van der Waals surface area (Å²) in [6.07, 6.45) is 0. The molecule has 0 aliphatic carbocycles. The number of amides is 1. The van der Waals surface area contributed by atoms with Crippen LogP contribution >= 0.6 is 0 Å². The molecule has 0 radical (unpaired) electrons. The number of carbonyl (C=O) groups is 1. The summed E-state index contributed by atoms with van der Waals surface area (Å²) in [6.45, 7) is 3.87. The molecule has 0 fully saturated rings. The van der Waals surface area contributed by atoms with Crippen LogP contribution < -0.4 is 5.84 Å². The normalized spacial score (nSPS) is 12.7. The molecular formula is C13H17N3O. The number of aromatic amines is 1. The second-order valence-corrected chi connectivity index (χ2v) is 4.38. The number of nitrogens with zero attached hydrogens (tertiary/aromatic N) is 1. The fourth-order valence-corrected chi connectivity index (χ4v) is 2.29. The lowest BCUT2D eigenvalue weighted by Gasteiger charge is -2.16. The van der Waals surface area contributed by atoms with Crippen molar-refractivity contribution in [2.24, 2.45) is 5.84 Å². The molecule has 0 saturated heterocycles. The Morgan fingerprint density at radius 2 is 2.06 bits per heavy atom. The quantitative estimate of drug-likeness (QED) is 0.471. The van der Waals surface area contributed by atoms with Gasteiger partial charge in [-0.25, -0.2) is 5.84 Å². The Hall–Kier alpha value is -1.81. The standard InChI is InChI=1S/C13H17N3O/c1-8(13(17)16(3)14)12-9(2)15-11-7-5-4-6-10(11)12/h4-8,15H,14H2,1-3H3. The Morgan fingerprint density at radius 1 is 1.41 bits per heavy atom. The van der Waals surface area contributed by atoms with Crippen LogP contribution in [0.4, 0.5) is 0 Å². The van der Waals surface area contributed by atoms with Crippen LogP contribution in [0.5, 0.6) is 0 Å². The Balaban J connectivity index is 2.55. The zero-order valence-corrected chi connectivity index (χ0v) is 10.3. The number of hydrazine groups is 1. The highest BCUT2D eigenvalue weighted by Gasteiger charge is 2.22. The molecule has 17 heavy (non-hydrogen) atoms. The van der Waals surface area contributed by atoms with Crippen molar-refractivity contribution in [3.8, 4) is 0 Å². The van der Waals surface area contributed by atoms with E-state index in [2.05, 4.69) is 4.98 Å².